The first kappa shape index (κ1) is 15.6. The van der Waals surface area contributed by atoms with Crippen molar-refractivity contribution in [1.29, 1.82) is 0 Å². The van der Waals surface area contributed by atoms with Gasteiger partial charge >= 0.3 is 0 Å². The van der Waals surface area contributed by atoms with Crippen molar-refractivity contribution in [1.82, 2.24) is 0 Å². The van der Waals surface area contributed by atoms with Crippen LogP contribution >= 0.6 is 0 Å². The normalized spacial score (nSPS) is 12.1. The van der Waals surface area contributed by atoms with Gasteiger partial charge in [0.05, 0.1) is 0 Å². The smallest absolute Gasteiger partial charge is 0.0153 e. The Kier molecular flexibility index (Phi) is 5.80. The van der Waals surface area contributed by atoms with Crippen molar-refractivity contribution >= 4 is 0 Å². The van der Waals surface area contributed by atoms with Gasteiger partial charge in [-0.2, -0.15) is 0 Å². The largest absolute Gasteiger partial charge is 0.0999 e. The van der Waals surface area contributed by atoms with E-state index in [9.17, 15) is 0 Å². The van der Waals surface area contributed by atoms with Crippen molar-refractivity contribution in [2.45, 2.75) is 45.4 Å². The van der Waals surface area contributed by atoms with Gasteiger partial charge in [-0.1, -0.05) is 80.6 Å². The second-order valence-corrected chi connectivity index (χ2v) is 5.94. The molecule has 21 heavy (non-hydrogen) atoms. The van der Waals surface area contributed by atoms with Crippen LogP contribution in [0.1, 0.15) is 49.3 Å². The molecular weight excluding hydrogens is 252 g/mol. The Labute approximate surface area is 129 Å². The van der Waals surface area contributed by atoms with E-state index in [4.69, 9.17) is 0 Å². The number of hydrogen-bond acceptors (Lipinski definition) is 0. The first-order chi connectivity index (χ1) is 10.2. The molecule has 1 unspecified atom stereocenters. The predicted octanol–water partition coefficient (Wildman–Crippen LogP) is 5.93. The number of rotatable bonds is 7. The second kappa shape index (κ2) is 7.83. The van der Waals surface area contributed by atoms with Crippen molar-refractivity contribution in [3.05, 3.63) is 83.4 Å². The minimum Gasteiger partial charge on any atom is -0.0999 e. The van der Waals surface area contributed by atoms with E-state index in [0.717, 1.165) is 25.7 Å². The SMILES string of the molecule is C=C(CC)CC(C)c1ccc(CCc2ccccc2)cc1. The molecule has 0 heterocycles. The molecule has 0 aliphatic carbocycles. The lowest BCUT2D eigenvalue weighted by molar-refractivity contribution is 0.733. The van der Waals surface area contributed by atoms with Crippen LogP contribution in [-0.4, -0.2) is 0 Å². The molecule has 0 saturated carbocycles. The number of allylic oxidation sites excluding steroid dienone is 1. The Morgan fingerprint density at radius 2 is 1.48 bits per heavy atom. The van der Waals surface area contributed by atoms with Crippen LogP contribution in [0.4, 0.5) is 0 Å². The lowest BCUT2D eigenvalue weighted by atomic mass is 9.92. The second-order valence-electron chi connectivity index (χ2n) is 5.94. The molecule has 0 nitrogen and oxygen atoms in total. The fourth-order valence-corrected chi connectivity index (χ4v) is 2.64. The summed E-state index contributed by atoms with van der Waals surface area (Å²) in [6.45, 7) is 8.59. The first-order valence-electron chi connectivity index (χ1n) is 7.98. The maximum Gasteiger partial charge on any atom is -0.0153 e. The van der Waals surface area contributed by atoms with Crippen LogP contribution in [0.2, 0.25) is 0 Å². The molecular formula is C21H26. The highest BCUT2D eigenvalue weighted by atomic mass is 14.1. The lowest BCUT2D eigenvalue weighted by Gasteiger charge is -2.13. The summed E-state index contributed by atoms with van der Waals surface area (Å²) in [5, 5.41) is 0. The fourth-order valence-electron chi connectivity index (χ4n) is 2.64. The molecule has 0 bridgehead atoms. The molecule has 110 valence electrons. The Hall–Kier alpha value is -1.82. The van der Waals surface area contributed by atoms with Gasteiger partial charge in [-0.15, -0.1) is 0 Å². The molecule has 2 rings (SSSR count). The zero-order valence-corrected chi connectivity index (χ0v) is 13.3. The van der Waals surface area contributed by atoms with E-state index in [1.165, 1.54) is 22.3 Å². The van der Waals surface area contributed by atoms with Crippen molar-refractivity contribution in [3.63, 3.8) is 0 Å². The van der Waals surface area contributed by atoms with Crippen LogP contribution in [0.15, 0.2) is 66.7 Å². The van der Waals surface area contributed by atoms with Gasteiger partial charge in [0, 0.05) is 0 Å². The highest BCUT2D eigenvalue weighted by Crippen LogP contribution is 2.24. The summed E-state index contributed by atoms with van der Waals surface area (Å²) in [6, 6.07) is 19.8. The fraction of sp³-hybridized carbons (Fsp3) is 0.333. The molecule has 0 aliphatic rings. The Bertz CT molecular complexity index is 548. The number of benzene rings is 2. The van der Waals surface area contributed by atoms with E-state index in [1.54, 1.807) is 0 Å². The maximum absolute atomic E-state index is 4.12. The van der Waals surface area contributed by atoms with Gasteiger partial charge in [0.15, 0.2) is 0 Å². The van der Waals surface area contributed by atoms with Gasteiger partial charge < -0.3 is 0 Å². The summed E-state index contributed by atoms with van der Waals surface area (Å²) in [5.74, 6) is 0.570. The molecule has 0 N–H and O–H groups in total. The summed E-state index contributed by atoms with van der Waals surface area (Å²) >= 11 is 0. The molecule has 2 aromatic rings. The first-order valence-corrected chi connectivity index (χ1v) is 7.98. The van der Waals surface area contributed by atoms with Gasteiger partial charge in [-0.3, -0.25) is 0 Å². The quantitative estimate of drug-likeness (QED) is 0.550. The van der Waals surface area contributed by atoms with Crippen LogP contribution in [0.3, 0.4) is 0 Å². The van der Waals surface area contributed by atoms with E-state index in [1.807, 2.05) is 0 Å². The molecule has 0 aromatic heterocycles. The van der Waals surface area contributed by atoms with Crippen molar-refractivity contribution in [2.75, 3.05) is 0 Å². The molecule has 2 aromatic carbocycles. The van der Waals surface area contributed by atoms with Crippen molar-refractivity contribution < 1.29 is 0 Å². The van der Waals surface area contributed by atoms with E-state index < -0.39 is 0 Å². The Morgan fingerprint density at radius 1 is 0.905 bits per heavy atom. The highest BCUT2D eigenvalue weighted by molar-refractivity contribution is 5.27. The van der Waals surface area contributed by atoms with E-state index in [2.05, 4.69) is 75.0 Å². The molecule has 0 aliphatic heterocycles. The summed E-state index contributed by atoms with van der Waals surface area (Å²) in [6.07, 6.45) is 4.40. The van der Waals surface area contributed by atoms with Gasteiger partial charge in [-0.05, 0) is 48.3 Å². The Balaban J connectivity index is 1.91. The van der Waals surface area contributed by atoms with E-state index in [-0.39, 0.29) is 0 Å². The van der Waals surface area contributed by atoms with E-state index >= 15 is 0 Å². The average molecular weight is 278 g/mol. The summed E-state index contributed by atoms with van der Waals surface area (Å²) < 4.78 is 0. The monoisotopic (exact) mass is 278 g/mol. The van der Waals surface area contributed by atoms with Gasteiger partial charge in [-0.25, -0.2) is 0 Å². The van der Waals surface area contributed by atoms with Crippen LogP contribution < -0.4 is 0 Å². The van der Waals surface area contributed by atoms with Gasteiger partial charge in [0.1, 0.15) is 0 Å². The number of hydrogen-bond donors (Lipinski definition) is 0. The molecule has 0 heteroatoms. The van der Waals surface area contributed by atoms with Crippen LogP contribution in [0.25, 0.3) is 0 Å². The topological polar surface area (TPSA) is 0 Å². The average Bonchev–Trinajstić information content (AvgIpc) is 2.54. The zero-order chi connectivity index (χ0) is 15.1. The predicted molar refractivity (Wildman–Crippen MR) is 92.8 cm³/mol. The molecule has 0 fully saturated rings. The third-order valence-corrected chi connectivity index (χ3v) is 4.19. The maximum atomic E-state index is 4.12. The molecule has 1 atom stereocenters. The van der Waals surface area contributed by atoms with E-state index in [0.29, 0.717) is 5.92 Å². The standard InChI is InChI=1S/C21H26/c1-4-17(2)16-18(3)21-14-12-20(13-15-21)11-10-19-8-6-5-7-9-19/h5-9,12-15,18H,2,4,10-11,16H2,1,3H3. The summed E-state index contributed by atoms with van der Waals surface area (Å²) in [4.78, 5) is 0. The molecule has 0 radical (unpaired) electrons. The molecule has 0 saturated heterocycles. The molecule has 0 amide bonds. The van der Waals surface area contributed by atoms with Gasteiger partial charge in [0.2, 0.25) is 0 Å². The lowest BCUT2D eigenvalue weighted by Crippen LogP contribution is -1.96. The third-order valence-electron chi connectivity index (χ3n) is 4.19. The highest BCUT2D eigenvalue weighted by Gasteiger charge is 2.06. The minimum atomic E-state index is 0.570. The van der Waals surface area contributed by atoms with Crippen LogP contribution in [0.5, 0.6) is 0 Å². The van der Waals surface area contributed by atoms with Crippen LogP contribution in [-0.2, 0) is 12.8 Å². The zero-order valence-electron chi connectivity index (χ0n) is 13.3. The van der Waals surface area contributed by atoms with Crippen molar-refractivity contribution in [3.8, 4) is 0 Å². The number of aryl methyl sites for hydroxylation is 2. The molecule has 0 spiro atoms. The van der Waals surface area contributed by atoms with Crippen molar-refractivity contribution in [2.24, 2.45) is 0 Å². The Morgan fingerprint density at radius 3 is 2.05 bits per heavy atom. The summed E-state index contributed by atoms with van der Waals surface area (Å²) in [5.41, 5.74) is 5.60. The van der Waals surface area contributed by atoms with Gasteiger partial charge in [0.25, 0.3) is 0 Å². The van der Waals surface area contributed by atoms with Crippen LogP contribution in [0, 0.1) is 0 Å². The minimum absolute atomic E-state index is 0.570. The third kappa shape index (κ3) is 4.90. The summed E-state index contributed by atoms with van der Waals surface area (Å²) in [7, 11) is 0.